The average molecular weight is 287 g/mol. The van der Waals surface area contributed by atoms with Crippen LogP contribution >= 0.6 is 0 Å². The van der Waals surface area contributed by atoms with Gasteiger partial charge >= 0.3 is 5.97 Å². The van der Waals surface area contributed by atoms with Gasteiger partial charge in [-0.15, -0.1) is 0 Å². The Kier molecular flexibility index (Phi) is 3.79. The fraction of sp³-hybridized carbons (Fsp3) is 0.846. The molecule has 2 saturated heterocycles. The van der Waals surface area contributed by atoms with Gasteiger partial charge in [-0.3, -0.25) is 4.79 Å². The third-order valence-electron chi connectivity index (χ3n) is 3.74. The zero-order chi connectivity index (χ0) is 15.1. The number of aliphatic hydroxyl groups excluding tert-OH is 2. The lowest BCUT2D eigenvalue weighted by atomic mass is 9.80. The highest BCUT2D eigenvalue weighted by Crippen LogP contribution is 2.43. The van der Waals surface area contributed by atoms with E-state index in [1.165, 1.54) is 0 Å². The molecule has 0 aromatic carbocycles. The highest BCUT2D eigenvalue weighted by molar-refractivity contribution is 5.95. The SMILES string of the molecule is CC(C)(C)OC(=O)[C@]12NC(=O)[C@H](CCO)[C@H]1COC2O. The van der Waals surface area contributed by atoms with Crippen molar-refractivity contribution in [2.24, 2.45) is 11.8 Å². The first-order valence-corrected chi connectivity index (χ1v) is 6.68. The quantitative estimate of drug-likeness (QED) is 0.585. The molecule has 3 N–H and O–H groups in total. The molecule has 2 rings (SSSR count). The van der Waals surface area contributed by atoms with Crippen molar-refractivity contribution in [3.63, 3.8) is 0 Å². The summed E-state index contributed by atoms with van der Waals surface area (Å²) in [5.41, 5.74) is -2.30. The minimum absolute atomic E-state index is 0.0732. The molecule has 0 aromatic heterocycles. The predicted octanol–water partition coefficient (Wildman–Crippen LogP) is -0.840. The molecule has 1 unspecified atom stereocenters. The van der Waals surface area contributed by atoms with Crippen LogP contribution in [0.4, 0.5) is 0 Å². The number of esters is 1. The van der Waals surface area contributed by atoms with Crippen LogP contribution in [0.1, 0.15) is 27.2 Å². The van der Waals surface area contributed by atoms with Crippen LogP contribution in [0.5, 0.6) is 0 Å². The zero-order valence-corrected chi connectivity index (χ0v) is 11.9. The summed E-state index contributed by atoms with van der Waals surface area (Å²) in [7, 11) is 0. The third kappa shape index (κ3) is 2.30. The van der Waals surface area contributed by atoms with Crippen molar-refractivity contribution in [2.45, 2.75) is 44.6 Å². The van der Waals surface area contributed by atoms with Gasteiger partial charge in [0.05, 0.1) is 6.61 Å². The lowest BCUT2D eigenvalue weighted by Gasteiger charge is -2.32. The van der Waals surface area contributed by atoms with E-state index < -0.39 is 35.2 Å². The van der Waals surface area contributed by atoms with Gasteiger partial charge in [0.2, 0.25) is 5.91 Å². The van der Waals surface area contributed by atoms with Crippen LogP contribution in [0.15, 0.2) is 0 Å². The number of hydrogen-bond donors (Lipinski definition) is 3. The standard InChI is InChI=1S/C13H21NO6/c1-12(2,3)20-11(18)13-8(6-19-10(13)17)7(4-5-15)9(16)14-13/h7-8,10,15,17H,4-6H2,1-3H3,(H,14,16)/t7-,8-,10?,13+/m1/s1. The minimum atomic E-state index is -1.57. The normalized spacial score (nSPS) is 36.6. The molecule has 2 heterocycles. The number of aliphatic hydroxyl groups is 2. The first-order valence-electron chi connectivity index (χ1n) is 6.68. The van der Waals surface area contributed by atoms with E-state index in [0.717, 1.165) is 0 Å². The second-order valence-electron chi connectivity index (χ2n) is 6.27. The number of amides is 1. The number of ether oxygens (including phenoxy) is 2. The molecule has 2 aliphatic rings. The van der Waals surface area contributed by atoms with Crippen LogP contribution in [0.3, 0.4) is 0 Å². The monoisotopic (exact) mass is 287 g/mol. The number of fused-ring (bicyclic) bond motifs is 1. The van der Waals surface area contributed by atoms with Gasteiger partial charge in [-0.1, -0.05) is 0 Å². The Balaban J connectivity index is 2.30. The molecule has 114 valence electrons. The Bertz CT molecular complexity index is 418. The van der Waals surface area contributed by atoms with E-state index in [-0.39, 0.29) is 25.5 Å². The lowest BCUT2D eigenvalue weighted by Crippen LogP contribution is -2.60. The molecule has 4 atom stereocenters. The van der Waals surface area contributed by atoms with Gasteiger partial charge in [-0.05, 0) is 27.2 Å². The Labute approximate surface area is 117 Å². The summed E-state index contributed by atoms with van der Waals surface area (Å²) in [5.74, 6) is -2.16. The molecule has 0 saturated carbocycles. The summed E-state index contributed by atoms with van der Waals surface area (Å²) in [4.78, 5) is 24.4. The van der Waals surface area contributed by atoms with Gasteiger partial charge in [-0.2, -0.15) is 0 Å². The molecule has 0 aromatic rings. The third-order valence-corrected chi connectivity index (χ3v) is 3.74. The minimum Gasteiger partial charge on any atom is -0.458 e. The molecule has 0 radical (unpaired) electrons. The van der Waals surface area contributed by atoms with Crippen molar-refractivity contribution in [1.29, 1.82) is 0 Å². The van der Waals surface area contributed by atoms with E-state index in [1.807, 2.05) is 0 Å². The summed E-state index contributed by atoms with van der Waals surface area (Å²) in [5, 5.41) is 21.6. The second kappa shape index (κ2) is 4.98. The van der Waals surface area contributed by atoms with Crippen LogP contribution in [-0.2, 0) is 19.1 Å². The molecule has 2 aliphatic heterocycles. The first kappa shape index (κ1) is 15.2. The van der Waals surface area contributed by atoms with Gasteiger partial charge in [0.25, 0.3) is 0 Å². The Morgan fingerprint density at radius 2 is 2.20 bits per heavy atom. The van der Waals surface area contributed by atoms with Crippen molar-refractivity contribution < 1.29 is 29.3 Å². The maximum atomic E-state index is 12.4. The predicted molar refractivity (Wildman–Crippen MR) is 67.4 cm³/mol. The average Bonchev–Trinajstić information content (AvgIpc) is 2.76. The molecule has 2 fully saturated rings. The molecule has 0 bridgehead atoms. The lowest BCUT2D eigenvalue weighted by molar-refractivity contribution is -0.178. The fourth-order valence-electron chi connectivity index (χ4n) is 2.85. The van der Waals surface area contributed by atoms with E-state index >= 15 is 0 Å². The molecule has 1 amide bonds. The summed E-state index contributed by atoms with van der Waals surface area (Å²) in [6, 6.07) is 0. The molecule has 7 heteroatoms. The van der Waals surface area contributed by atoms with Gasteiger partial charge in [0, 0.05) is 18.4 Å². The summed E-state index contributed by atoms with van der Waals surface area (Å²) < 4.78 is 10.5. The summed E-state index contributed by atoms with van der Waals surface area (Å²) >= 11 is 0. The van der Waals surface area contributed by atoms with Crippen LogP contribution < -0.4 is 5.32 Å². The second-order valence-corrected chi connectivity index (χ2v) is 6.27. The molecule has 20 heavy (non-hydrogen) atoms. The van der Waals surface area contributed by atoms with Gasteiger partial charge in [-0.25, -0.2) is 4.79 Å². The van der Waals surface area contributed by atoms with Crippen LogP contribution in [-0.4, -0.2) is 52.7 Å². The smallest absolute Gasteiger partial charge is 0.338 e. The van der Waals surface area contributed by atoms with Crippen LogP contribution in [0, 0.1) is 11.8 Å². The molecule has 0 spiro atoms. The Hall–Kier alpha value is -1.18. The number of carbonyl (C=O) groups is 2. The number of nitrogens with one attached hydrogen (secondary N) is 1. The summed E-state index contributed by atoms with van der Waals surface area (Å²) in [6.45, 7) is 5.03. The highest BCUT2D eigenvalue weighted by Gasteiger charge is 2.67. The number of hydrogen-bond acceptors (Lipinski definition) is 6. The van der Waals surface area contributed by atoms with Gasteiger partial charge in [0.1, 0.15) is 5.60 Å². The molecule has 0 aliphatic carbocycles. The summed E-state index contributed by atoms with van der Waals surface area (Å²) in [6.07, 6.45) is -1.22. The van der Waals surface area contributed by atoms with Gasteiger partial charge in [0.15, 0.2) is 11.8 Å². The van der Waals surface area contributed by atoms with Crippen molar-refractivity contribution in [1.82, 2.24) is 5.32 Å². The van der Waals surface area contributed by atoms with E-state index in [0.29, 0.717) is 0 Å². The van der Waals surface area contributed by atoms with Crippen LogP contribution in [0.25, 0.3) is 0 Å². The molecule has 7 nitrogen and oxygen atoms in total. The van der Waals surface area contributed by atoms with Crippen LogP contribution in [0.2, 0.25) is 0 Å². The van der Waals surface area contributed by atoms with E-state index in [9.17, 15) is 14.7 Å². The topological polar surface area (TPSA) is 105 Å². The maximum Gasteiger partial charge on any atom is 0.338 e. The van der Waals surface area contributed by atoms with Crippen molar-refractivity contribution in [2.75, 3.05) is 13.2 Å². The number of carbonyl (C=O) groups excluding carboxylic acids is 2. The Morgan fingerprint density at radius 3 is 2.75 bits per heavy atom. The van der Waals surface area contributed by atoms with Crippen molar-refractivity contribution in [3.8, 4) is 0 Å². The molecular weight excluding hydrogens is 266 g/mol. The molecular formula is C13H21NO6. The van der Waals surface area contributed by atoms with E-state index in [4.69, 9.17) is 14.6 Å². The zero-order valence-electron chi connectivity index (χ0n) is 11.9. The van der Waals surface area contributed by atoms with Gasteiger partial charge < -0.3 is 25.0 Å². The number of rotatable bonds is 3. The first-order chi connectivity index (χ1) is 9.22. The Morgan fingerprint density at radius 1 is 1.55 bits per heavy atom. The van der Waals surface area contributed by atoms with Crippen molar-refractivity contribution >= 4 is 11.9 Å². The van der Waals surface area contributed by atoms with E-state index in [1.54, 1.807) is 20.8 Å². The van der Waals surface area contributed by atoms with Crippen molar-refractivity contribution in [3.05, 3.63) is 0 Å². The highest BCUT2D eigenvalue weighted by atomic mass is 16.6. The maximum absolute atomic E-state index is 12.4. The van der Waals surface area contributed by atoms with E-state index in [2.05, 4.69) is 5.32 Å². The fourth-order valence-corrected chi connectivity index (χ4v) is 2.85. The largest absolute Gasteiger partial charge is 0.458 e.